The van der Waals surface area contributed by atoms with E-state index in [-0.39, 0.29) is 15.4 Å². The van der Waals surface area contributed by atoms with Gasteiger partial charge in [-0.1, -0.05) is 24.3 Å². The molecule has 0 fully saturated rings. The summed E-state index contributed by atoms with van der Waals surface area (Å²) in [6.07, 6.45) is 1.07. The van der Waals surface area contributed by atoms with Gasteiger partial charge < -0.3 is 5.32 Å². The molecule has 0 saturated carbocycles. The number of rotatable bonds is 6. The van der Waals surface area contributed by atoms with E-state index in [0.717, 1.165) is 17.4 Å². The van der Waals surface area contributed by atoms with Crippen molar-refractivity contribution < 1.29 is 21.6 Å². The topological polar surface area (TPSA) is 109 Å². The number of carbonyl (C=O) groups is 1. The maximum atomic E-state index is 12.8. The molecule has 3 rings (SSSR count). The van der Waals surface area contributed by atoms with E-state index in [1.807, 2.05) is 32.0 Å². The molecule has 0 unspecified atom stereocenters. The van der Waals surface area contributed by atoms with E-state index in [1.54, 1.807) is 13.0 Å². The molecule has 32 heavy (non-hydrogen) atoms. The third-order valence-corrected chi connectivity index (χ3v) is 7.50. The Morgan fingerprint density at radius 3 is 1.88 bits per heavy atom. The second-order valence-corrected chi connectivity index (χ2v) is 11.3. The van der Waals surface area contributed by atoms with Crippen LogP contribution in [-0.2, 0) is 19.9 Å². The van der Waals surface area contributed by atoms with Crippen LogP contribution in [0, 0.1) is 20.8 Å². The molecule has 0 bridgehead atoms. The van der Waals surface area contributed by atoms with Gasteiger partial charge in [0.1, 0.15) is 0 Å². The van der Waals surface area contributed by atoms with Gasteiger partial charge in [-0.25, -0.2) is 16.8 Å². The molecule has 1 amide bonds. The van der Waals surface area contributed by atoms with Gasteiger partial charge in [0.05, 0.1) is 15.5 Å². The molecule has 0 aliphatic rings. The molecule has 3 aromatic carbocycles. The zero-order valence-corrected chi connectivity index (χ0v) is 19.8. The Bertz CT molecular complexity index is 1370. The van der Waals surface area contributed by atoms with Crippen LogP contribution in [0.3, 0.4) is 0 Å². The molecule has 0 spiro atoms. The number of nitrogens with one attached hydrogen (secondary N) is 2. The van der Waals surface area contributed by atoms with Crippen LogP contribution in [0.25, 0.3) is 0 Å². The Labute approximate surface area is 188 Å². The summed E-state index contributed by atoms with van der Waals surface area (Å²) in [6.45, 7) is 5.35. The highest BCUT2D eigenvalue weighted by molar-refractivity contribution is 7.92. The van der Waals surface area contributed by atoms with Crippen molar-refractivity contribution in [1.82, 2.24) is 0 Å². The number of para-hydroxylation sites is 1. The third kappa shape index (κ3) is 5.17. The van der Waals surface area contributed by atoms with Gasteiger partial charge >= 0.3 is 0 Å². The van der Waals surface area contributed by atoms with Crippen LogP contribution >= 0.6 is 0 Å². The van der Waals surface area contributed by atoms with Crippen molar-refractivity contribution in [2.75, 3.05) is 16.3 Å². The lowest BCUT2D eigenvalue weighted by molar-refractivity contribution is 0.102. The monoisotopic (exact) mass is 472 g/mol. The highest BCUT2D eigenvalue weighted by Gasteiger charge is 2.18. The van der Waals surface area contributed by atoms with Gasteiger partial charge in [-0.05, 0) is 73.9 Å². The summed E-state index contributed by atoms with van der Waals surface area (Å²) < 4.78 is 51.8. The van der Waals surface area contributed by atoms with Gasteiger partial charge in [0, 0.05) is 17.5 Å². The largest absolute Gasteiger partial charge is 0.322 e. The summed E-state index contributed by atoms with van der Waals surface area (Å²) in [5.74, 6) is -0.489. The van der Waals surface area contributed by atoms with Crippen LogP contribution in [0.1, 0.15) is 27.0 Å². The Hall–Kier alpha value is -3.17. The van der Waals surface area contributed by atoms with E-state index < -0.39 is 25.8 Å². The van der Waals surface area contributed by atoms with Crippen molar-refractivity contribution in [2.24, 2.45) is 0 Å². The molecule has 0 saturated heterocycles. The first-order chi connectivity index (χ1) is 14.9. The number of sulfone groups is 1. The average Bonchev–Trinajstić information content (AvgIpc) is 2.70. The fraction of sp³-hybridized carbons (Fsp3) is 0.174. The van der Waals surface area contributed by atoms with E-state index >= 15 is 0 Å². The third-order valence-electron chi connectivity index (χ3n) is 5.02. The molecule has 0 aromatic heterocycles. The number of aryl methyl sites for hydroxylation is 3. The van der Waals surface area contributed by atoms with Gasteiger partial charge in [0.2, 0.25) is 0 Å². The fourth-order valence-corrected chi connectivity index (χ4v) is 5.01. The summed E-state index contributed by atoms with van der Waals surface area (Å²) in [5, 5.41) is 2.68. The minimum Gasteiger partial charge on any atom is -0.322 e. The van der Waals surface area contributed by atoms with E-state index in [4.69, 9.17) is 0 Å². The quantitative estimate of drug-likeness (QED) is 0.562. The molecular formula is C23H24N2O5S2. The summed E-state index contributed by atoms with van der Waals surface area (Å²) >= 11 is 0. The number of amides is 1. The molecule has 0 heterocycles. The Morgan fingerprint density at radius 2 is 1.31 bits per heavy atom. The molecule has 0 radical (unpaired) electrons. The SMILES string of the molecule is Cc1ccc(S(C)(=O)=O)cc1C(=O)Nc1ccc(S(=O)(=O)Nc2c(C)cccc2C)cc1. The van der Waals surface area contributed by atoms with Gasteiger partial charge in [-0.2, -0.15) is 0 Å². The van der Waals surface area contributed by atoms with Crippen molar-refractivity contribution >= 4 is 37.1 Å². The summed E-state index contributed by atoms with van der Waals surface area (Å²) in [4.78, 5) is 12.8. The van der Waals surface area contributed by atoms with E-state index in [0.29, 0.717) is 16.9 Å². The van der Waals surface area contributed by atoms with Gasteiger partial charge in [0.25, 0.3) is 15.9 Å². The average molecular weight is 473 g/mol. The molecule has 0 atom stereocenters. The number of carbonyl (C=O) groups excluding carboxylic acids is 1. The summed E-state index contributed by atoms with van der Waals surface area (Å²) in [7, 11) is -7.27. The zero-order chi connectivity index (χ0) is 23.7. The fourth-order valence-electron chi connectivity index (χ4n) is 3.16. The predicted molar refractivity (Wildman–Crippen MR) is 125 cm³/mol. The summed E-state index contributed by atoms with van der Waals surface area (Å²) in [5.41, 5.74) is 3.37. The smallest absolute Gasteiger partial charge is 0.261 e. The minimum absolute atomic E-state index is 0.0484. The van der Waals surface area contributed by atoms with Crippen molar-refractivity contribution in [1.29, 1.82) is 0 Å². The van der Waals surface area contributed by atoms with Crippen LogP contribution in [0.5, 0.6) is 0 Å². The molecule has 9 heteroatoms. The zero-order valence-electron chi connectivity index (χ0n) is 18.1. The maximum Gasteiger partial charge on any atom is 0.261 e. The Balaban J connectivity index is 1.81. The summed E-state index contributed by atoms with van der Waals surface area (Å²) in [6, 6.07) is 15.6. The van der Waals surface area contributed by atoms with Crippen molar-refractivity contribution in [2.45, 2.75) is 30.6 Å². The first-order valence-corrected chi connectivity index (χ1v) is 13.1. The normalized spacial score (nSPS) is 11.8. The van der Waals surface area contributed by atoms with Gasteiger partial charge in [-0.3, -0.25) is 9.52 Å². The molecular weight excluding hydrogens is 448 g/mol. The number of anilines is 2. The molecule has 7 nitrogen and oxygen atoms in total. The minimum atomic E-state index is -3.81. The molecule has 0 aliphatic heterocycles. The maximum absolute atomic E-state index is 12.8. The van der Waals surface area contributed by atoms with E-state index in [2.05, 4.69) is 10.0 Å². The molecule has 0 aliphatic carbocycles. The van der Waals surface area contributed by atoms with Crippen LogP contribution < -0.4 is 10.0 Å². The van der Waals surface area contributed by atoms with Crippen molar-refractivity contribution in [3.05, 3.63) is 82.9 Å². The van der Waals surface area contributed by atoms with Gasteiger partial charge in [0.15, 0.2) is 9.84 Å². The van der Waals surface area contributed by atoms with Crippen LogP contribution in [-0.4, -0.2) is 29.0 Å². The molecule has 3 aromatic rings. The number of benzene rings is 3. The molecule has 168 valence electrons. The van der Waals surface area contributed by atoms with Crippen LogP contribution in [0.15, 0.2) is 70.5 Å². The van der Waals surface area contributed by atoms with Crippen LogP contribution in [0.4, 0.5) is 11.4 Å². The van der Waals surface area contributed by atoms with E-state index in [9.17, 15) is 21.6 Å². The lowest BCUT2D eigenvalue weighted by Crippen LogP contribution is -2.16. The van der Waals surface area contributed by atoms with Crippen molar-refractivity contribution in [3.63, 3.8) is 0 Å². The lowest BCUT2D eigenvalue weighted by Gasteiger charge is -2.14. The highest BCUT2D eigenvalue weighted by atomic mass is 32.2. The van der Waals surface area contributed by atoms with E-state index in [1.165, 1.54) is 36.4 Å². The number of sulfonamides is 1. The Morgan fingerprint density at radius 1 is 0.750 bits per heavy atom. The predicted octanol–water partition coefficient (Wildman–Crippen LogP) is 4.07. The number of hydrogen-bond donors (Lipinski definition) is 2. The first kappa shape index (κ1) is 23.5. The standard InChI is InChI=1S/C23H24N2O5S2/c1-15-8-11-20(31(4,27)28)14-21(15)23(26)24-18-9-12-19(13-10-18)32(29,30)25-22-16(2)6-5-7-17(22)3/h5-14,25H,1-4H3,(H,24,26). The first-order valence-electron chi connectivity index (χ1n) is 9.69. The second kappa shape index (κ2) is 8.76. The highest BCUT2D eigenvalue weighted by Crippen LogP contribution is 2.24. The second-order valence-electron chi connectivity index (χ2n) is 7.60. The molecule has 2 N–H and O–H groups in total. The Kier molecular flexibility index (Phi) is 6.43. The number of hydrogen-bond acceptors (Lipinski definition) is 5. The lowest BCUT2D eigenvalue weighted by atomic mass is 10.1. The van der Waals surface area contributed by atoms with Crippen molar-refractivity contribution in [3.8, 4) is 0 Å². The van der Waals surface area contributed by atoms with Gasteiger partial charge in [-0.15, -0.1) is 0 Å². The van der Waals surface area contributed by atoms with Crippen LogP contribution in [0.2, 0.25) is 0 Å².